The lowest BCUT2D eigenvalue weighted by atomic mass is 9.92. The van der Waals surface area contributed by atoms with E-state index in [9.17, 15) is 8.78 Å². The smallest absolute Gasteiger partial charge is 0.387 e. The molecule has 28 heavy (non-hydrogen) atoms. The van der Waals surface area contributed by atoms with Crippen LogP contribution in [0, 0.1) is 0 Å². The van der Waals surface area contributed by atoms with Crippen LogP contribution in [0.5, 0.6) is 11.5 Å². The largest absolute Gasteiger partial charge is 0.493 e. The molecular formula is C18H16ClF2N5O2. The van der Waals surface area contributed by atoms with Crippen LogP contribution in [-0.2, 0) is 0 Å². The monoisotopic (exact) mass is 407 g/mol. The zero-order valence-electron chi connectivity index (χ0n) is 14.7. The first-order valence-corrected chi connectivity index (χ1v) is 8.86. The Morgan fingerprint density at radius 2 is 2.00 bits per heavy atom. The van der Waals surface area contributed by atoms with Crippen molar-refractivity contribution in [3.8, 4) is 11.5 Å². The summed E-state index contributed by atoms with van der Waals surface area (Å²) in [5, 5.41) is 15.6. The molecule has 0 saturated carbocycles. The van der Waals surface area contributed by atoms with Crippen LogP contribution >= 0.6 is 11.6 Å². The van der Waals surface area contributed by atoms with Crippen molar-refractivity contribution in [3.63, 3.8) is 0 Å². The molecule has 0 unspecified atom stereocenters. The number of anilines is 1. The molecule has 2 heterocycles. The van der Waals surface area contributed by atoms with Crippen molar-refractivity contribution in [2.24, 2.45) is 0 Å². The van der Waals surface area contributed by atoms with Gasteiger partial charge in [0, 0.05) is 10.6 Å². The van der Waals surface area contributed by atoms with Crippen LogP contribution in [0.4, 0.5) is 14.7 Å². The van der Waals surface area contributed by atoms with Gasteiger partial charge in [0.25, 0.3) is 0 Å². The number of nitrogens with one attached hydrogen (secondary N) is 1. The summed E-state index contributed by atoms with van der Waals surface area (Å²) in [6, 6.07) is 11.8. The third-order valence-corrected chi connectivity index (χ3v) is 4.87. The van der Waals surface area contributed by atoms with Gasteiger partial charge in [0.2, 0.25) is 5.95 Å². The fraction of sp³-hybridized carbons (Fsp3) is 0.278. The van der Waals surface area contributed by atoms with Crippen molar-refractivity contribution in [1.82, 2.24) is 20.2 Å². The van der Waals surface area contributed by atoms with E-state index in [0.29, 0.717) is 23.0 Å². The van der Waals surface area contributed by atoms with Crippen molar-refractivity contribution < 1.29 is 18.3 Å². The SMILES string of the molecule is COc1cccc([C@@H]2C[C@@H](c3ccc(Cl)cc3)Nc3nnnn32)c1OC(F)F. The number of hydrogen-bond acceptors (Lipinski definition) is 6. The first kappa shape index (κ1) is 18.4. The zero-order chi connectivity index (χ0) is 19.7. The highest BCUT2D eigenvalue weighted by molar-refractivity contribution is 6.30. The van der Waals surface area contributed by atoms with Crippen molar-refractivity contribution in [3.05, 3.63) is 58.6 Å². The van der Waals surface area contributed by atoms with Gasteiger partial charge >= 0.3 is 6.61 Å². The van der Waals surface area contributed by atoms with Crippen LogP contribution in [0.3, 0.4) is 0 Å². The Kier molecular flexibility index (Phi) is 4.99. The molecule has 3 aromatic rings. The molecule has 7 nitrogen and oxygen atoms in total. The lowest BCUT2D eigenvalue weighted by Gasteiger charge is -2.32. The van der Waals surface area contributed by atoms with Crippen LogP contribution < -0.4 is 14.8 Å². The maximum Gasteiger partial charge on any atom is 0.387 e. The average Bonchev–Trinajstić information content (AvgIpc) is 3.16. The number of ether oxygens (including phenoxy) is 2. The number of tetrazole rings is 1. The number of benzene rings is 2. The van der Waals surface area contributed by atoms with E-state index in [2.05, 4.69) is 20.8 Å². The number of halogens is 3. The van der Waals surface area contributed by atoms with E-state index in [1.807, 2.05) is 12.1 Å². The molecule has 0 saturated heterocycles. The van der Waals surface area contributed by atoms with Gasteiger partial charge < -0.3 is 14.8 Å². The van der Waals surface area contributed by atoms with Gasteiger partial charge in [-0.1, -0.05) is 41.0 Å². The van der Waals surface area contributed by atoms with Crippen LogP contribution in [0.2, 0.25) is 5.02 Å². The fourth-order valence-electron chi connectivity index (χ4n) is 3.38. The molecule has 0 spiro atoms. The highest BCUT2D eigenvalue weighted by Gasteiger charge is 2.33. The summed E-state index contributed by atoms with van der Waals surface area (Å²) in [6.07, 6.45) is 0.506. The molecule has 0 radical (unpaired) electrons. The minimum absolute atomic E-state index is 0.0248. The van der Waals surface area contributed by atoms with Crippen molar-refractivity contribution in [1.29, 1.82) is 0 Å². The molecule has 0 amide bonds. The lowest BCUT2D eigenvalue weighted by Crippen LogP contribution is -2.28. The molecule has 1 aliphatic rings. The zero-order valence-corrected chi connectivity index (χ0v) is 15.5. The van der Waals surface area contributed by atoms with E-state index in [0.717, 1.165) is 5.56 Å². The summed E-state index contributed by atoms with van der Waals surface area (Å²) in [7, 11) is 1.40. The Hall–Kier alpha value is -2.94. The van der Waals surface area contributed by atoms with Crippen LogP contribution in [-0.4, -0.2) is 33.9 Å². The first-order chi connectivity index (χ1) is 13.6. The van der Waals surface area contributed by atoms with Gasteiger partial charge in [-0.2, -0.15) is 8.78 Å². The maximum absolute atomic E-state index is 13.0. The number of fused-ring (bicyclic) bond motifs is 1. The minimum Gasteiger partial charge on any atom is -0.493 e. The maximum atomic E-state index is 13.0. The highest BCUT2D eigenvalue weighted by atomic mass is 35.5. The quantitative estimate of drug-likeness (QED) is 0.687. The second-order valence-corrected chi connectivity index (χ2v) is 6.64. The molecule has 1 aromatic heterocycles. The van der Waals surface area contributed by atoms with E-state index in [4.69, 9.17) is 21.1 Å². The van der Waals surface area contributed by atoms with Gasteiger partial charge in [0.15, 0.2) is 11.5 Å². The minimum atomic E-state index is -2.99. The topological polar surface area (TPSA) is 74.1 Å². The lowest BCUT2D eigenvalue weighted by molar-refractivity contribution is -0.0521. The number of rotatable bonds is 5. The molecule has 10 heteroatoms. The van der Waals surface area contributed by atoms with Crippen molar-refractivity contribution in [2.75, 3.05) is 12.4 Å². The normalized spacial score (nSPS) is 18.5. The number of aromatic nitrogens is 4. The van der Waals surface area contributed by atoms with Gasteiger partial charge in [0.1, 0.15) is 0 Å². The molecule has 1 N–H and O–H groups in total. The summed E-state index contributed by atoms with van der Waals surface area (Å²) < 4.78 is 37.7. The highest BCUT2D eigenvalue weighted by Crippen LogP contribution is 2.43. The predicted molar refractivity (Wildman–Crippen MR) is 98.0 cm³/mol. The van der Waals surface area contributed by atoms with Crippen LogP contribution in [0.15, 0.2) is 42.5 Å². The third kappa shape index (κ3) is 3.45. The number of para-hydroxylation sites is 1. The molecule has 1 aliphatic heterocycles. The molecule has 146 valence electrons. The molecule has 0 fully saturated rings. The molecule has 4 rings (SSSR count). The van der Waals surface area contributed by atoms with Crippen molar-refractivity contribution >= 4 is 17.5 Å². The molecular weight excluding hydrogens is 392 g/mol. The number of hydrogen-bond donors (Lipinski definition) is 1. The van der Waals surface area contributed by atoms with Gasteiger partial charge in [0.05, 0.1) is 19.2 Å². The van der Waals surface area contributed by atoms with E-state index in [1.165, 1.54) is 7.11 Å². The van der Waals surface area contributed by atoms with E-state index in [-0.39, 0.29) is 17.5 Å². The Morgan fingerprint density at radius 1 is 1.21 bits per heavy atom. The predicted octanol–water partition coefficient (Wildman–Crippen LogP) is 4.08. The fourth-order valence-corrected chi connectivity index (χ4v) is 3.51. The van der Waals surface area contributed by atoms with Crippen LogP contribution in [0.25, 0.3) is 0 Å². The molecule has 2 atom stereocenters. The van der Waals surface area contributed by atoms with Crippen LogP contribution in [0.1, 0.15) is 29.6 Å². The summed E-state index contributed by atoms with van der Waals surface area (Å²) >= 11 is 5.98. The van der Waals surface area contributed by atoms with E-state index < -0.39 is 12.7 Å². The Morgan fingerprint density at radius 3 is 2.71 bits per heavy atom. The Labute approximate surface area is 164 Å². The number of nitrogens with zero attached hydrogens (tertiary/aromatic N) is 4. The second-order valence-electron chi connectivity index (χ2n) is 6.20. The number of alkyl halides is 2. The average molecular weight is 408 g/mol. The first-order valence-electron chi connectivity index (χ1n) is 8.48. The summed E-state index contributed by atoms with van der Waals surface area (Å²) in [5.74, 6) is 0.624. The van der Waals surface area contributed by atoms with Gasteiger partial charge in [-0.25, -0.2) is 4.68 Å². The van der Waals surface area contributed by atoms with E-state index >= 15 is 0 Å². The molecule has 0 aliphatic carbocycles. The van der Waals surface area contributed by atoms with Gasteiger partial charge in [-0.15, -0.1) is 0 Å². The molecule has 2 aromatic carbocycles. The number of methoxy groups -OCH3 is 1. The molecule has 0 bridgehead atoms. The third-order valence-electron chi connectivity index (χ3n) is 4.62. The summed E-state index contributed by atoms with van der Waals surface area (Å²) in [4.78, 5) is 0. The van der Waals surface area contributed by atoms with E-state index in [1.54, 1.807) is 35.0 Å². The van der Waals surface area contributed by atoms with Gasteiger partial charge in [-0.3, -0.25) is 0 Å². The second kappa shape index (κ2) is 7.59. The van der Waals surface area contributed by atoms with Crippen molar-refractivity contribution in [2.45, 2.75) is 25.1 Å². The Balaban J connectivity index is 1.78. The summed E-state index contributed by atoms with van der Waals surface area (Å²) in [5.41, 5.74) is 1.48. The van der Waals surface area contributed by atoms with Gasteiger partial charge in [-0.05, 0) is 40.6 Å². The standard InChI is InChI=1S/C18H16ClF2N5O2/c1-27-15-4-2-3-12(16(15)28-17(20)21)14-9-13(10-5-7-11(19)8-6-10)22-18-23-24-25-26(14)18/h2-8,13-14,17H,9H2,1H3,(H,22,23,25)/t13-,14-/m0/s1. The Bertz CT molecular complexity index is 967. The summed E-state index contributed by atoms with van der Waals surface area (Å²) in [6.45, 7) is -2.99.